The Morgan fingerprint density at radius 3 is 2.90 bits per heavy atom. The van der Waals surface area contributed by atoms with Crippen LogP contribution in [0.15, 0.2) is 4.52 Å². The Bertz CT molecular complexity index is 715. The Morgan fingerprint density at radius 1 is 1.24 bits per heavy atom. The lowest BCUT2D eigenvalue weighted by atomic mass is 9.61. The van der Waals surface area contributed by atoms with Gasteiger partial charge < -0.3 is 19.9 Å². The molecule has 4 fully saturated rings. The molecule has 0 bridgehead atoms. The number of carbonyl (C=O) groups is 1. The number of hydrogen-bond donors (Lipinski definition) is 2. The Morgan fingerprint density at radius 2 is 2.10 bits per heavy atom. The normalized spacial score (nSPS) is 33.7. The van der Waals surface area contributed by atoms with Gasteiger partial charge in [0, 0.05) is 31.6 Å². The molecule has 3 heterocycles. The first kappa shape index (κ1) is 19.5. The van der Waals surface area contributed by atoms with Gasteiger partial charge in [-0.2, -0.15) is 4.98 Å². The van der Waals surface area contributed by atoms with E-state index < -0.39 is 0 Å². The van der Waals surface area contributed by atoms with Crippen LogP contribution in [-0.4, -0.2) is 66.4 Å². The highest BCUT2D eigenvalue weighted by Gasteiger charge is 2.50. The zero-order chi connectivity index (χ0) is 19.7. The van der Waals surface area contributed by atoms with E-state index in [1.807, 2.05) is 0 Å². The van der Waals surface area contributed by atoms with Gasteiger partial charge in [0.25, 0.3) is 0 Å². The van der Waals surface area contributed by atoms with Gasteiger partial charge in [0.05, 0.1) is 25.2 Å². The summed E-state index contributed by atoms with van der Waals surface area (Å²) < 4.78 is 10.9. The molecule has 160 valence electrons. The van der Waals surface area contributed by atoms with Crippen LogP contribution in [0.1, 0.15) is 62.6 Å². The molecule has 1 aromatic heterocycles. The molecule has 8 nitrogen and oxygen atoms in total. The van der Waals surface area contributed by atoms with Crippen molar-refractivity contribution in [1.29, 1.82) is 0 Å². The molecular formula is C21H33N5O3. The van der Waals surface area contributed by atoms with E-state index in [2.05, 4.69) is 25.7 Å². The van der Waals surface area contributed by atoms with Gasteiger partial charge in [-0.05, 0) is 51.0 Å². The summed E-state index contributed by atoms with van der Waals surface area (Å²) in [6.07, 6.45) is 7.72. The van der Waals surface area contributed by atoms with E-state index in [-0.39, 0.29) is 11.3 Å². The van der Waals surface area contributed by atoms with E-state index >= 15 is 0 Å². The molecule has 0 aromatic carbocycles. The molecule has 1 amide bonds. The van der Waals surface area contributed by atoms with E-state index in [4.69, 9.17) is 9.26 Å². The van der Waals surface area contributed by atoms with Gasteiger partial charge in [0.2, 0.25) is 11.8 Å². The van der Waals surface area contributed by atoms with Crippen molar-refractivity contribution in [2.45, 2.75) is 63.5 Å². The molecule has 0 spiro atoms. The Kier molecular flexibility index (Phi) is 5.58. The molecule has 5 rings (SSSR count). The third kappa shape index (κ3) is 3.82. The molecule has 2 aliphatic carbocycles. The molecule has 1 aromatic rings. The number of amides is 1. The quantitative estimate of drug-likeness (QED) is 0.768. The van der Waals surface area contributed by atoms with Crippen LogP contribution >= 0.6 is 0 Å². The first-order chi connectivity index (χ1) is 14.2. The summed E-state index contributed by atoms with van der Waals surface area (Å²) in [6, 6.07) is 0.588. The fraction of sp³-hybridized carbons (Fsp3) is 0.857. The SMILES string of the molecule is O=C(NCc1noc(C2CCC2)n1)[C@@]12CC[C@@H](N3CCOCC3)C[C@H]1CCNC2. The number of fused-ring (bicyclic) bond motifs is 1. The zero-order valence-corrected chi connectivity index (χ0v) is 17.2. The number of nitrogens with one attached hydrogen (secondary N) is 2. The van der Waals surface area contributed by atoms with Gasteiger partial charge in [0.1, 0.15) is 0 Å². The number of rotatable bonds is 5. The molecule has 8 heteroatoms. The maximum absolute atomic E-state index is 13.3. The summed E-state index contributed by atoms with van der Waals surface area (Å²) in [5.74, 6) is 2.35. The summed E-state index contributed by atoms with van der Waals surface area (Å²) in [4.78, 5) is 20.4. The zero-order valence-electron chi connectivity index (χ0n) is 17.2. The minimum Gasteiger partial charge on any atom is -0.379 e. The van der Waals surface area contributed by atoms with Gasteiger partial charge >= 0.3 is 0 Å². The van der Waals surface area contributed by atoms with E-state index in [1.165, 1.54) is 6.42 Å². The maximum atomic E-state index is 13.3. The molecule has 0 unspecified atom stereocenters. The minimum absolute atomic E-state index is 0.158. The average molecular weight is 404 g/mol. The van der Waals surface area contributed by atoms with Crippen LogP contribution in [-0.2, 0) is 16.1 Å². The van der Waals surface area contributed by atoms with Crippen LogP contribution in [0, 0.1) is 11.3 Å². The third-order valence-electron chi connectivity index (χ3n) is 7.73. The topological polar surface area (TPSA) is 92.5 Å². The number of piperidine rings is 1. The molecular weight excluding hydrogens is 370 g/mol. The number of morpholine rings is 1. The summed E-state index contributed by atoms with van der Waals surface area (Å²) in [7, 11) is 0. The maximum Gasteiger partial charge on any atom is 0.229 e. The standard InChI is InChI=1S/C21H33N5O3/c27-20(23-13-18-24-19(29-25-18)15-2-1-3-15)21-6-4-17(26-8-10-28-11-9-26)12-16(21)5-7-22-14-21/h15-17,22H,1-14H2,(H,23,27)/t16-,17-,21-/m1/s1. The van der Waals surface area contributed by atoms with Crippen molar-refractivity contribution >= 4 is 5.91 Å². The fourth-order valence-electron chi connectivity index (χ4n) is 5.66. The van der Waals surface area contributed by atoms with Crippen LogP contribution in [0.5, 0.6) is 0 Å². The van der Waals surface area contributed by atoms with Crippen molar-refractivity contribution < 1.29 is 14.1 Å². The number of hydrogen-bond acceptors (Lipinski definition) is 7. The van der Waals surface area contributed by atoms with Crippen molar-refractivity contribution in [3.63, 3.8) is 0 Å². The van der Waals surface area contributed by atoms with Crippen LogP contribution in [0.25, 0.3) is 0 Å². The van der Waals surface area contributed by atoms with Crippen molar-refractivity contribution in [2.24, 2.45) is 11.3 Å². The first-order valence-electron chi connectivity index (χ1n) is 11.4. The first-order valence-corrected chi connectivity index (χ1v) is 11.4. The van der Waals surface area contributed by atoms with Gasteiger partial charge in [-0.1, -0.05) is 11.6 Å². The highest BCUT2D eigenvalue weighted by molar-refractivity contribution is 5.83. The Hall–Kier alpha value is -1.51. The highest BCUT2D eigenvalue weighted by Crippen LogP contribution is 2.46. The minimum atomic E-state index is -0.304. The van der Waals surface area contributed by atoms with Crippen molar-refractivity contribution in [3.8, 4) is 0 Å². The molecule has 2 aliphatic heterocycles. The number of nitrogens with zero attached hydrogens (tertiary/aromatic N) is 3. The van der Waals surface area contributed by atoms with Gasteiger partial charge in [0.15, 0.2) is 5.82 Å². The van der Waals surface area contributed by atoms with Crippen molar-refractivity contribution in [3.05, 3.63) is 11.7 Å². The van der Waals surface area contributed by atoms with Gasteiger partial charge in [-0.3, -0.25) is 9.69 Å². The lowest BCUT2D eigenvalue weighted by molar-refractivity contribution is -0.140. The van der Waals surface area contributed by atoms with E-state index in [0.717, 1.165) is 83.8 Å². The highest BCUT2D eigenvalue weighted by atomic mass is 16.5. The van der Waals surface area contributed by atoms with E-state index in [9.17, 15) is 4.79 Å². The van der Waals surface area contributed by atoms with Crippen LogP contribution in [0.4, 0.5) is 0 Å². The predicted octanol–water partition coefficient (Wildman–Crippen LogP) is 1.43. The molecule has 2 saturated carbocycles. The molecule has 3 atom stereocenters. The van der Waals surface area contributed by atoms with Gasteiger partial charge in [-0.25, -0.2) is 0 Å². The lowest BCUT2D eigenvalue weighted by Gasteiger charge is -2.50. The third-order valence-corrected chi connectivity index (χ3v) is 7.73. The molecule has 29 heavy (non-hydrogen) atoms. The molecule has 2 N–H and O–H groups in total. The second kappa shape index (κ2) is 8.32. The largest absolute Gasteiger partial charge is 0.379 e. The van der Waals surface area contributed by atoms with E-state index in [0.29, 0.717) is 30.2 Å². The van der Waals surface area contributed by atoms with E-state index in [1.54, 1.807) is 0 Å². The van der Waals surface area contributed by atoms with Crippen LogP contribution in [0.3, 0.4) is 0 Å². The second-order valence-corrected chi connectivity index (χ2v) is 9.25. The lowest BCUT2D eigenvalue weighted by Crippen LogP contribution is -2.60. The molecule has 2 saturated heterocycles. The summed E-state index contributed by atoms with van der Waals surface area (Å²) in [5.41, 5.74) is -0.304. The number of aromatic nitrogens is 2. The number of ether oxygens (including phenoxy) is 1. The summed E-state index contributed by atoms with van der Waals surface area (Å²) in [5, 5.41) is 10.7. The monoisotopic (exact) mass is 403 g/mol. The predicted molar refractivity (Wildman–Crippen MR) is 106 cm³/mol. The second-order valence-electron chi connectivity index (χ2n) is 9.25. The smallest absolute Gasteiger partial charge is 0.229 e. The fourth-order valence-corrected chi connectivity index (χ4v) is 5.66. The Labute approximate surface area is 172 Å². The van der Waals surface area contributed by atoms with Gasteiger partial charge in [-0.15, -0.1) is 0 Å². The van der Waals surface area contributed by atoms with Crippen molar-refractivity contribution in [2.75, 3.05) is 39.4 Å². The average Bonchev–Trinajstić information content (AvgIpc) is 3.19. The van der Waals surface area contributed by atoms with Crippen LogP contribution in [0.2, 0.25) is 0 Å². The van der Waals surface area contributed by atoms with Crippen LogP contribution < -0.4 is 10.6 Å². The summed E-state index contributed by atoms with van der Waals surface area (Å²) >= 11 is 0. The molecule has 0 radical (unpaired) electrons. The van der Waals surface area contributed by atoms with Crippen molar-refractivity contribution in [1.82, 2.24) is 25.7 Å². The number of carbonyl (C=O) groups excluding carboxylic acids is 1. The Balaban J connectivity index is 1.22. The summed E-state index contributed by atoms with van der Waals surface area (Å²) in [6.45, 7) is 5.86. The molecule has 4 aliphatic rings.